The molecule has 0 aliphatic rings. The molecule has 4 rings (SSSR count). The van der Waals surface area contributed by atoms with Crippen molar-refractivity contribution in [1.29, 1.82) is 0 Å². The van der Waals surface area contributed by atoms with Crippen molar-refractivity contribution in [1.82, 2.24) is 0 Å². The van der Waals surface area contributed by atoms with E-state index in [4.69, 9.17) is 4.74 Å². The van der Waals surface area contributed by atoms with E-state index in [1.165, 1.54) is 54.9 Å². The Kier molecular flexibility index (Phi) is 12.2. The second-order valence-electron chi connectivity index (χ2n) is 9.42. The predicted octanol–water partition coefficient (Wildman–Crippen LogP) is 4.93. The van der Waals surface area contributed by atoms with Gasteiger partial charge in [-0.1, -0.05) is 30.3 Å². The Morgan fingerprint density at radius 2 is 0.865 bits per heavy atom. The van der Waals surface area contributed by atoms with Gasteiger partial charge >= 0.3 is 205 Å². The zero-order chi connectivity index (χ0) is 25.4. The van der Waals surface area contributed by atoms with Gasteiger partial charge in [-0.15, -0.1) is 0 Å². The van der Waals surface area contributed by atoms with Crippen LogP contribution < -0.4 is 36.6 Å². The second kappa shape index (κ2) is 16.1. The maximum atomic E-state index is 5.83. The van der Waals surface area contributed by atoms with Crippen molar-refractivity contribution >= 4 is 20.8 Å². The van der Waals surface area contributed by atoms with Crippen LogP contribution >= 0.6 is 4.90 Å². The van der Waals surface area contributed by atoms with Gasteiger partial charge in [0, 0.05) is 0 Å². The number of rotatable bonds is 16. The molecule has 1 nitrogen and oxygen atoms in total. The van der Waals surface area contributed by atoms with Crippen LogP contribution in [0.1, 0.15) is 50.5 Å². The van der Waals surface area contributed by atoms with Crippen molar-refractivity contribution in [2.45, 2.75) is 51.6 Å². The summed E-state index contributed by atoms with van der Waals surface area (Å²) in [5, 5.41) is 4.65. The summed E-state index contributed by atoms with van der Waals surface area (Å²) in [4.78, 5) is -1.56. The molecule has 0 unspecified atom stereocenters. The molecule has 0 amide bonds. The van der Waals surface area contributed by atoms with Crippen molar-refractivity contribution in [3.8, 4) is 0 Å². The molecule has 0 N–H and O–H groups in total. The van der Waals surface area contributed by atoms with Crippen LogP contribution in [-0.4, -0.2) is 11.0 Å². The fraction of sp³-hybridized carbons (Fsp3) is 0.294. The van der Waals surface area contributed by atoms with E-state index in [1.807, 2.05) is 0 Å². The zero-order valence-corrected chi connectivity index (χ0v) is 24.9. The minimum Gasteiger partial charge on any atom is -0.0619 e. The molecule has 0 bridgehead atoms. The Morgan fingerprint density at radius 3 is 1.35 bits per heavy atom. The first kappa shape index (κ1) is 28.0. The van der Waals surface area contributed by atoms with Crippen LogP contribution in [0.3, 0.4) is 0 Å². The quantitative estimate of drug-likeness (QED) is 0.0746. The van der Waals surface area contributed by atoms with E-state index in [2.05, 4.69) is 121 Å². The predicted molar refractivity (Wildman–Crippen MR) is 158 cm³/mol. The summed E-state index contributed by atoms with van der Waals surface area (Å²) >= 11 is -0.0254. The monoisotopic (exact) mass is 622 g/mol. The van der Waals surface area contributed by atoms with E-state index in [1.54, 1.807) is 15.9 Å². The van der Waals surface area contributed by atoms with Gasteiger partial charge in [0.05, 0.1) is 0 Å². The Labute approximate surface area is 234 Å². The first-order chi connectivity index (χ1) is 18.4. The summed E-state index contributed by atoms with van der Waals surface area (Å²) < 4.78 is 7.21. The van der Waals surface area contributed by atoms with Gasteiger partial charge in [-0.05, 0) is 0 Å². The Balaban J connectivity index is 1.23. The van der Waals surface area contributed by atoms with Gasteiger partial charge in [-0.2, -0.15) is 0 Å². The van der Waals surface area contributed by atoms with E-state index in [-0.39, 0.29) is 20.7 Å². The molecule has 0 radical (unpaired) electrons. The molecule has 4 aromatic carbocycles. The molecule has 0 aliphatic carbocycles. The maximum absolute atomic E-state index is 5.83. The molecule has 37 heavy (non-hydrogen) atoms. The van der Waals surface area contributed by atoms with Crippen molar-refractivity contribution in [2.24, 2.45) is 0 Å². The summed E-state index contributed by atoms with van der Waals surface area (Å²) in [6.07, 6.45) is 9.24. The van der Waals surface area contributed by atoms with Crippen molar-refractivity contribution < 1.29 is 25.4 Å². The van der Waals surface area contributed by atoms with Crippen LogP contribution in [0.5, 0.6) is 0 Å². The smallest absolute Gasteiger partial charge is 0.0567 e. The van der Waals surface area contributed by atoms with Crippen LogP contribution in [0, 0.1) is 0 Å². The first-order valence-electron chi connectivity index (χ1n) is 13.7. The summed E-state index contributed by atoms with van der Waals surface area (Å²) in [7, 11) is 0. The Morgan fingerprint density at radius 1 is 0.459 bits per heavy atom. The van der Waals surface area contributed by atoms with E-state index in [0.29, 0.717) is 0 Å². The summed E-state index contributed by atoms with van der Waals surface area (Å²) in [5.74, 6) is 0. The van der Waals surface area contributed by atoms with Crippen LogP contribution in [0.2, 0.25) is 0 Å². The van der Waals surface area contributed by atoms with Gasteiger partial charge in [-0.3, -0.25) is 0 Å². The fourth-order valence-electron chi connectivity index (χ4n) is 4.69. The van der Waals surface area contributed by atoms with E-state index in [9.17, 15) is 0 Å². The van der Waals surface area contributed by atoms with Gasteiger partial charge < -0.3 is 0 Å². The Hall–Kier alpha value is -2.00. The van der Waals surface area contributed by atoms with Crippen LogP contribution in [0.4, 0.5) is 0 Å². The SMILES string of the molecule is c1ccc(COCCCCCCCCC[I-][P+](c2ccccc2)(c2ccccc2)c2ccccc2)cc1. The van der Waals surface area contributed by atoms with Gasteiger partial charge in [0.15, 0.2) is 0 Å². The molecular formula is C34H40IOP. The maximum Gasteiger partial charge on any atom is -0.0567 e. The number of unbranched alkanes of at least 4 members (excludes halogenated alkanes) is 6. The molecule has 0 atom stereocenters. The molecule has 0 aromatic heterocycles. The number of ether oxygens (including phenoxy) is 1. The summed E-state index contributed by atoms with van der Waals surface area (Å²) in [6.45, 7) is 1.62. The van der Waals surface area contributed by atoms with Crippen molar-refractivity contribution in [3.63, 3.8) is 0 Å². The van der Waals surface area contributed by atoms with Gasteiger partial charge in [0.2, 0.25) is 0 Å². The van der Waals surface area contributed by atoms with Gasteiger partial charge in [-0.25, -0.2) is 0 Å². The molecule has 0 fully saturated rings. The van der Waals surface area contributed by atoms with Gasteiger partial charge in [0.1, 0.15) is 0 Å². The molecule has 0 saturated carbocycles. The molecule has 0 aliphatic heterocycles. The number of hydrogen-bond donors (Lipinski definition) is 0. The van der Waals surface area contributed by atoms with Crippen LogP contribution in [0.25, 0.3) is 0 Å². The molecule has 194 valence electrons. The third-order valence-corrected chi connectivity index (χ3v) is 20.5. The number of hydrogen-bond acceptors (Lipinski definition) is 1. The zero-order valence-electron chi connectivity index (χ0n) is 21.9. The fourth-order valence-corrected chi connectivity index (χ4v) is 18.3. The van der Waals surface area contributed by atoms with Crippen LogP contribution in [0.15, 0.2) is 121 Å². The standard InChI is InChI=1S/C34H40IOP/c1(3-5-19-29-36-30-31-20-10-6-11-21-31)2-4-18-28-35-37(32-22-12-7-13-23-32,33-24-14-8-15-25-33)34-26-16-9-17-27-34/h6-17,20-27H,1-5,18-19,28-30H2. The summed E-state index contributed by atoms with van der Waals surface area (Å²) in [5.41, 5.74) is 1.27. The second-order valence-corrected chi connectivity index (χ2v) is 19.9. The topological polar surface area (TPSA) is 9.23 Å². The minimum absolute atomic E-state index is 0.0254. The first-order valence-corrected chi connectivity index (χ1v) is 19.8. The normalized spacial score (nSPS) is 11.6. The number of halogens is 1. The minimum atomic E-state index is -1.56. The van der Waals surface area contributed by atoms with E-state index < -0.39 is 4.90 Å². The van der Waals surface area contributed by atoms with Crippen molar-refractivity contribution in [2.75, 3.05) is 11.0 Å². The third kappa shape index (κ3) is 8.50. The molecule has 0 saturated heterocycles. The Bertz CT molecular complexity index is 1020. The van der Waals surface area contributed by atoms with E-state index >= 15 is 0 Å². The number of benzene rings is 4. The summed E-state index contributed by atoms with van der Waals surface area (Å²) in [6, 6.07) is 44.6. The molecule has 0 spiro atoms. The van der Waals surface area contributed by atoms with Crippen molar-refractivity contribution in [3.05, 3.63) is 127 Å². The molecule has 4 aromatic rings. The van der Waals surface area contributed by atoms with Crippen LogP contribution in [-0.2, 0) is 11.3 Å². The van der Waals surface area contributed by atoms with Gasteiger partial charge in [0.25, 0.3) is 0 Å². The largest absolute Gasteiger partial charge is 0.0619 e. The molecular weight excluding hydrogens is 582 g/mol. The van der Waals surface area contributed by atoms with E-state index in [0.717, 1.165) is 13.2 Å². The average molecular weight is 623 g/mol. The number of alkyl halides is 1. The third-order valence-electron chi connectivity index (χ3n) is 6.63. The molecule has 3 heteroatoms. The average Bonchev–Trinajstić information content (AvgIpc) is 2.98. The molecule has 0 heterocycles.